The van der Waals surface area contributed by atoms with E-state index in [9.17, 15) is 4.79 Å². The number of carbonyl (C=O) groups is 1. The van der Waals surface area contributed by atoms with Gasteiger partial charge < -0.3 is 10.6 Å². The van der Waals surface area contributed by atoms with Gasteiger partial charge in [0.25, 0.3) is 0 Å². The second-order valence-corrected chi connectivity index (χ2v) is 6.53. The Labute approximate surface area is 125 Å². The van der Waals surface area contributed by atoms with E-state index < -0.39 is 0 Å². The van der Waals surface area contributed by atoms with Gasteiger partial charge in [0.2, 0.25) is 5.91 Å². The van der Waals surface area contributed by atoms with Gasteiger partial charge in [0, 0.05) is 23.9 Å². The molecule has 1 aliphatic rings. The van der Waals surface area contributed by atoms with Gasteiger partial charge in [-0.15, -0.1) is 0 Å². The molecule has 1 aliphatic heterocycles. The summed E-state index contributed by atoms with van der Waals surface area (Å²) in [5.74, 6) is 2.94. The van der Waals surface area contributed by atoms with Crippen LogP contribution in [0.4, 0.5) is 5.82 Å². The molecule has 5 heteroatoms. The molecule has 1 fully saturated rings. The van der Waals surface area contributed by atoms with Crippen molar-refractivity contribution in [2.75, 3.05) is 17.6 Å². The Balaban J connectivity index is 1.93. The molecule has 0 unspecified atom stereocenters. The summed E-state index contributed by atoms with van der Waals surface area (Å²) in [5, 5.41) is 6.33. The molecule has 0 spiro atoms. The van der Waals surface area contributed by atoms with Crippen molar-refractivity contribution in [1.29, 1.82) is 0 Å². The minimum absolute atomic E-state index is 0.0988. The molecule has 2 atom stereocenters. The number of carbonyl (C=O) groups excluding carboxylic acids is 1. The van der Waals surface area contributed by atoms with Crippen molar-refractivity contribution in [3.8, 4) is 0 Å². The van der Waals surface area contributed by atoms with E-state index in [0.717, 1.165) is 30.9 Å². The first-order valence-electron chi connectivity index (χ1n) is 7.26. The van der Waals surface area contributed by atoms with Crippen LogP contribution in [-0.4, -0.2) is 29.2 Å². The second-order valence-electron chi connectivity index (χ2n) is 5.25. The average Bonchev–Trinajstić information content (AvgIpc) is 2.45. The van der Waals surface area contributed by atoms with Crippen LogP contribution in [0.1, 0.15) is 32.3 Å². The molecule has 1 aromatic heterocycles. The van der Waals surface area contributed by atoms with Gasteiger partial charge in [0.15, 0.2) is 0 Å². The Kier molecular flexibility index (Phi) is 5.86. The van der Waals surface area contributed by atoms with Gasteiger partial charge in [-0.25, -0.2) is 4.98 Å². The fraction of sp³-hybridized carbons (Fsp3) is 0.600. The first-order valence-corrected chi connectivity index (χ1v) is 8.41. The molecule has 0 aliphatic carbocycles. The Bertz CT molecular complexity index is 452. The van der Waals surface area contributed by atoms with Gasteiger partial charge in [-0.1, -0.05) is 6.92 Å². The summed E-state index contributed by atoms with van der Waals surface area (Å²) in [6, 6.07) is 4.40. The number of anilines is 1. The van der Waals surface area contributed by atoms with E-state index in [-0.39, 0.29) is 11.8 Å². The molecule has 2 rings (SSSR count). The molecule has 2 heterocycles. The third kappa shape index (κ3) is 4.49. The lowest BCUT2D eigenvalue weighted by Gasteiger charge is -2.26. The first-order chi connectivity index (χ1) is 9.69. The van der Waals surface area contributed by atoms with Crippen LogP contribution in [0.5, 0.6) is 0 Å². The number of nitrogens with one attached hydrogen (secondary N) is 2. The molecule has 0 saturated carbocycles. The van der Waals surface area contributed by atoms with E-state index >= 15 is 0 Å². The third-order valence-corrected chi connectivity index (χ3v) is 4.49. The Morgan fingerprint density at radius 3 is 3.20 bits per heavy atom. The minimum Gasteiger partial charge on any atom is -0.314 e. The van der Waals surface area contributed by atoms with Crippen molar-refractivity contribution in [3.63, 3.8) is 0 Å². The van der Waals surface area contributed by atoms with Crippen molar-refractivity contribution in [3.05, 3.63) is 23.9 Å². The van der Waals surface area contributed by atoms with Crippen LogP contribution in [0.15, 0.2) is 18.3 Å². The van der Waals surface area contributed by atoms with Gasteiger partial charge in [0.05, 0.1) is 0 Å². The zero-order chi connectivity index (χ0) is 14.4. The molecular weight excluding hydrogens is 270 g/mol. The van der Waals surface area contributed by atoms with Crippen molar-refractivity contribution < 1.29 is 4.79 Å². The fourth-order valence-corrected chi connectivity index (χ4v) is 3.07. The van der Waals surface area contributed by atoms with Crippen molar-refractivity contribution >= 4 is 23.5 Å². The highest BCUT2D eigenvalue weighted by molar-refractivity contribution is 7.98. The Morgan fingerprint density at radius 2 is 2.45 bits per heavy atom. The lowest BCUT2D eigenvalue weighted by atomic mass is 9.92. The smallest absolute Gasteiger partial charge is 0.228 e. The Hall–Kier alpha value is -1.07. The largest absolute Gasteiger partial charge is 0.314 e. The van der Waals surface area contributed by atoms with Crippen LogP contribution < -0.4 is 10.6 Å². The fourth-order valence-electron chi connectivity index (χ4n) is 2.45. The quantitative estimate of drug-likeness (QED) is 0.876. The lowest BCUT2D eigenvalue weighted by Crippen LogP contribution is -2.40. The maximum atomic E-state index is 12.3. The van der Waals surface area contributed by atoms with Gasteiger partial charge in [-0.3, -0.25) is 4.79 Å². The SMILES string of the molecule is CCSCc1ccnc(NC(=O)[C@H]2CCN[C@@H](C)C2)c1. The predicted octanol–water partition coefficient (Wildman–Crippen LogP) is 2.66. The molecule has 1 saturated heterocycles. The molecule has 2 N–H and O–H groups in total. The topological polar surface area (TPSA) is 54.0 Å². The van der Waals surface area contributed by atoms with E-state index in [1.54, 1.807) is 6.20 Å². The van der Waals surface area contributed by atoms with Crippen molar-refractivity contribution in [2.24, 2.45) is 5.92 Å². The Morgan fingerprint density at radius 1 is 1.60 bits per heavy atom. The van der Waals surface area contributed by atoms with Gasteiger partial charge >= 0.3 is 0 Å². The number of hydrogen-bond donors (Lipinski definition) is 2. The van der Waals surface area contributed by atoms with E-state index in [1.807, 2.05) is 23.9 Å². The number of hydrogen-bond acceptors (Lipinski definition) is 4. The molecule has 20 heavy (non-hydrogen) atoms. The average molecular weight is 293 g/mol. The zero-order valence-electron chi connectivity index (χ0n) is 12.2. The second kappa shape index (κ2) is 7.64. The maximum absolute atomic E-state index is 12.3. The van der Waals surface area contributed by atoms with Crippen LogP contribution in [0.3, 0.4) is 0 Å². The summed E-state index contributed by atoms with van der Waals surface area (Å²) < 4.78 is 0. The third-order valence-electron chi connectivity index (χ3n) is 3.54. The molecule has 4 nitrogen and oxygen atoms in total. The number of rotatable bonds is 5. The number of piperidine rings is 1. The van der Waals surface area contributed by atoms with Gasteiger partial charge in [-0.05, 0) is 49.8 Å². The molecule has 0 radical (unpaired) electrons. The highest BCUT2D eigenvalue weighted by atomic mass is 32.2. The normalized spacial score (nSPS) is 22.5. The number of aromatic nitrogens is 1. The predicted molar refractivity (Wildman–Crippen MR) is 84.9 cm³/mol. The summed E-state index contributed by atoms with van der Waals surface area (Å²) in [7, 11) is 0. The van der Waals surface area contributed by atoms with E-state index in [2.05, 4.69) is 29.5 Å². The van der Waals surface area contributed by atoms with E-state index in [1.165, 1.54) is 5.56 Å². The summed E-state index contributed by atoms with van der Waals surface area (Å²) in [6.45, 7) is 5.19. The number of thioether (sulfide) groups is 1. The van der Waals surface area contributed by atoms with E-state index in [4.69, 9.17) is 0 Å². The number of amides is 1. The van der Waals surface area contributed by atoms with Crippen molar-refractivity contribution in [1.82, 2.24) is 10.3 Å². The first kappa shape index (κ1) is 15.3. The summed E-state index contributed by atoms with van der Waals surface area (Å²) in [5.41, 5.74) is 1.21. The number of pyridine rings is 1. The van der Waals surface area contributed by atoms with Crippen LogP contribution in [0.2, 0.25) is 0 Å². The molecule has 0 bridgehead atoms. The van der Waals surface area contributed by atoms with Gasteiger partial charge in [0.1, 0.15) is 5.82 Å². The summed E-state index contributed by atoms with van der Waals surface area (Å²) >= 11 is 1.87. The standard InChI is InChI=1S/C15H23N3OS/c1-3-20-10-12-4-6-17-14(9-12)18-15(19)13-5-7-16-11(2)8-13/h4,6,9,11,13,16H,3,5,7-8,10H2,1-2H3,(H,17,18,19)/t11-,13-/m0/s1. The summed E-state index contributed by atoms with van der Waals surface area (Å²) in [6.07, 6.45) is 3.57. The molecule has 110 valence electrons. The molecule has 1 amide bonds. The van der Waals surface area contributed by atoms with Crippen LogP contribution in [-0.2, 0) is 10.5 Å². The molecule has 1 aromatic rings. The van der Waals surface area contributed by atoms with E-state index in [0.29, 0.717) is 11.9 Å². The van der Waals surface area contributed by atoms with Crippen LogP contribution in [0, 0.1) is 5.92 Å². The minimum atomic E-state index is 0.0988. The highest BCUT2D eigenvalue weighted by Crippen LogP contribution is 2.19. The molecular formula is C15H23N3OS. The maximum Gasteiger partial charge on any atom is 0.228 e. The number of nitrogens with zero attached hydrogens (tertiary/aromatic N) is 1. The lowest BCUT2D eigenvalue weighted by molar-refractivity contribution is -0.120. The van der Waals surface area contributed by atoms with Gasteiger partial charge in [-0.2, -0.15) is 11.8 Å². The van der Waals surface area contributed by atoms with Crippen LogP contribution >= 0.6 is 11.8 Å². The highest BCUT2D eigenvalue weighted by Gasteiger charge is 2.24. The molecule has 0 aromatic carbocycles. The van der Waals surface area contributed by atoms with Crippen LogP contribution in [0.25, 0.3) is 0 Å². The van der Waals surface area contributed by atoms with Crippen molar-refractivity contribution in [2.45, 2.75) is 38.5 Å². The monoisotopic (exact) mass is 293 g/mol. The zero-order valence-corrected chi connectivity index (χ0v) is 13.0. The summed E-state index contributed by atoms with van der Waals surface area (Å²) in [4.78, 5) is 16.5.